The van der Waals surface area contributed by atoms with E-state index < -0.39 is 11.8 Å². The van der Waals surface area contributed by atoms with Gasteiger partial charge >= 0.3 is 11.8 Å². The molecule has 2 N–H and O–H groups in total. The summed E-state index contributed by atoms with van der Waals surface area (Å²) >= 11 is 0. The molecule has 25 heavy (non-hydrogen) atoms. The molecular weight excluding hydrogens is 326 g/mol. The Balaban J connectivity index is 1.79. The van der Waals surface area contributed by atoms with Crippen LogP contribution in [0.25, 0.3) is 0 Å². The first-order valence-electron chi connectivity index (χ1n) is 7.49. The molecule has 0 spiro atoms. The van der Waals surface area contributed by atoms with Gasteiger partial charge < -0.3 is 24.8 Å². The van der Waals surface area contributed by atoms with Gasteiger partial charge in [0.05, 0.1) is 20.8 Å². The minimum atomic E-state index is -0.816. The number of anilines is 1. The van der Waals surface area contributed by atoms with Crippen LogP contribution in [-0.4, -0.2) is 44.2 Å². The van der Waals surface area contributed by atoms with Crippen molar-refractivity contribution in [3.05, 3.63) is 42.6 Å². The number of ether oxygens (including phenoxy) is 3. The highest BCUT2D eigenvalue weighted by molar-refractivity contribution is 6.39. The van der Waals surface area contributed by atoms with Gasteiger partial charge in [0, 0.05) is 6.20 Å². The lowest BCUT2D eigenvalue weighted by atomic mass is 10.3. The molecule has 2 aromatic rings. The van der Waals surface area contributed by atoms with Crippen molar-refractivity contribution in [1.82, 2.24) is 10.3 Å². The number of aromatic nitrogens is 1. The van der Waals surface area contributed by atoms with Gasteiger partial charge in [-0.2, -0.15) is 0 Å². The zero-order chi connectivity index (χ0) is 18.1. The molecule has 8 nitrogen and oxygen atoms in total. The number of nitrogens with zero attached hydrogens (tertiary/aromatic N) is 1. The van der Waals surface area contributed by atoms with E-state index in [1.54, 1.807) is 31.4 Å². The third kappa shape index (κ3) is 5.10. The van der Waals surface area contributed by atoms with Gasteiger partial charge in [-0.3, -0.25) is 9.59 Å². The SMILES string of the molecule is COc1ccccc1OCCNC(=O)C(=O)Nc1cccnc1OC. The highest BCUT2D eigenvalue weighted by atomic mass is 16.5. The van der Waals surface area contributed by atoms with Crippen LogP contribution in [0.2, 0.25) is 0 Å². The monoisotopic (exact) mass is 345 g/mol. The van der Waals surface area contributed by atoms with E-state index in [0.717, 1.165) is 0 Å². The normalized spacial score (nSPS) is 9.84. The molecule has 0 saturated heterocycles. The quantitative estimate of drug-likeness (QED) is 0.578. The number of amides is 2. The largest absolute Gasteiger partial charge is 0.493 e. The molecule has 0 fully saturated rings. The van der Waals surface area contributed by atoms with Gasteiger partial charge in [0.25, 0.3) is 0 Å². The van der Waals surface area contributed by atoms with Crippen LogP contribution in [0.15, 0.2) is 42.6 Å². The van der Waals surface area contributed by atoms with E-state index in [2.05, 4.69) is 15.6 Å². The van der Waals surface area contributed by atoms with E-state index in [4.69, 9.17) is 14.2 Å². The molecule has 1 aromatic carbocycles. The zero-order valence-electron chi connectivity index (χ0n) is 13.9. The predicted molar refractivity (Wildman–Crippen MR) is 90.9 cm³/mol. The fourth-order valence-corrected chi connectivity index (χ4v) is 1.97. The van der Waals surface area contributed by atoms with Crippen LogP contribution in [0.1, 0.15) is 0 Å². The van der Waals surface area contributed by atoms with Gasteiger partial charge in [-0.1, -0.05) is 12.1 Å². The van der Waals surface area contributed by atoms with Crippen molar-refractivity contribution in [2.75, 3.05) is 32.7 Å². The first-order chi connectivity index (χ1) is 12.2. The van der Waals surface area contributed by atoms with Crippen molar-refractivity contribution in [1.29, 1.82) is 0 Å². The molecule has 0 unspecified atom stereocenters. The summed E-state index contributed by atoms with van der Waals surface area (Å²) in [5.41, 5.74) is 0.315. The maximum Gasteiger partial charge on any atom is 0.313 e. The fraction of sp³-hybridized carbons (Fsp3) is 0.235. The molecule has 0 bridgehead atoms. The van der Waals surface area contributed by atoms with Crippen LogP contribution in [-0.2, 0) is 9.59 Å². The second-order valence-corrected chi connectivity index (χ2v) is 4.77. The summed E-state index contributed by atoms with van der Waals surface area (Å²) in [5.74, 6) is -0.222. The van der Waals surface area contributed by atoms with Gasteiger partial charge in [0.1, 0.15) is 12.3 Å². The van der Waals surface area contributed by atoms with Crippen LogP contribution in [0, 0.1) is 0 Å². The first kappa shape index (κ1) is 18.1. The van der Waals surface area contributed by atoms with Crippen LogP contribution >= 0.6 is 0 Å². The summed E-state index contributed by atoms with van der Waals surface area (Å²) in [6, 6.07) is 10.4. The lowest BCUT2D eigenvalue weighted by Gasteiger charge is -2.11. The number of hydrogen-bond donors (Lipinski definition) is 2. The Morgan fingerprint density at radius 1 is 1.00 bits per heavy atom. The Kier molecular flexibility index (Phi) is 6.58. The number of methoxy groups -OCH3 is 2. The lowest BCUT2D eigenvalue weighted by Crippen LogP contribution is -2.37. The molecule has 1 aromatic heterocycles. The summed E-state index contributed by atoms with van der Waals surface area (Å²) in [5, 5.41) is 4.91. The van der Waals surface area contributed by atoms with E-state index in [-0.39, 0.29) is 19.0 Å². The van der Waals surface area contributed by atoms with Crippen molar-refractivity contribution in [3.63, 3.8) is 0 Å². The third-order valence-electron chi connectivity index (χ3n) is 3.13. The van der Waals surface area contributed by atoms with Crippen LogP contribution < -0.4 is 24.8 Å². The molecule has 0 aliphatic rings. The Morgan fingerprint density at radius 2 is 1.76 bits per heavy atom. The summed E-state index contributed by atoms with van der Waals surface area (Å²) < 4.78 is 15.7. The Hall–Kier alpha value is -3.29. The molecule has 2 rings (SSSR count). The van der Waals surface area contributed by atoms with Gasteiger partial charge in [-0.25, -0.2) is 4.98 Å². The van der Waals surface area contributed by atoms with Crippen molar-refractivity contribution < 1.29 is 23.8 Å². The topological polar surface area (TPSA) is 98.8 Å². The molecule has 0 atom stereocenters. The van der Waals surface area contributed by atoms with E-state index in [1.165, 1.54) is 13.3 Å². The average molecular weight is 345 g/mol. The van der Waals surface area contributed by atoms with Crippen LogP contribution in [0.5, 0.6) is 17.4 Å². The summed E-state index contributed by atoms with van der Waals surface area (Å²) in [6.07, 6.45) is 1.52. The first-order valence-corrected chi connectivity index (χ1v) is 7.49. The molecule has 8 heteroatoms. The van der Waals surface area contributed by atoms with E-state index >= 15 is 0 Å². The number of para-hydroxylation sites is 2. The molecule has 1 heterocycles. The van der Waals surface area contributed by atoms with Gasteiger partial charge in [-0.05, 0) is 24.3 Å². The molecule has 0 aliphatic carbocycles. The molecule has 0 radical (unpaired) electrons. The number of hydrogen-bond acceptors (Lipinski definition) is 6. The van der Waals surface area contributed by atoms with Gasteiger partial charge in [0.2, 0.25) is 5.88 Å². The second kappa shape index (κ2) is 9.11. The van der Waals surface area contributed by atoms with Gasteiger partial charge in [-0.15, -0.1) is 0 Å². The maximum absolute atomic E-state index is 11.9. The van der Waals surface area contributed by atoms with E-state index in [0.29, 0.717) is 17.2 Å². The number of pyridine rings is 1. The van der Waals surface area contributed by atoms with Crippen LogP contribution in [0.3, 0.4) is 0 Å². The molecule has 2 amide bonds. The number of benzene rings is 1. The van der Waals surface area contributed by atoms with Crippen LogP contribution in [0.4, 0.5) is 5.69 Å². The zero-order valence-corrected chi connectivity index (χ0v) is 13.9. The lowest BCUT2D eigenvalue weighted by molar-refractivity contribution is -0.136. The maximum atomic E-state index is 11.9. The highest BCUT2D eigenvalue weighted by Gasteiger charge is 2.15. The standard InChI is InChI=1S/C17H19N3O5/c1-23-13-7-3-4-8-14(13)25-11-10-18-15(21)16(22)20-12-6-5-9-19-17(12)24-2/h3-9H,10-11H2,1-2H3,(H,18,21)(H,20,22). The minimum Gasteiger partial charge on any atom is -0.493 e. The summed E-state index contributed by atoms with van der Waals surface area (Å²) in [6.45, 7) is 0.351. The Bertz CT molecular complexity index is 736. The number of carbonyl (C=O) groups is 2. The van der Waals surface area contributed by atoms with Crippen molar-refractivity contribution >= 4 is 17.5 Å². The summed E-state index contributed by atoms with van der Waals surface area (Å²) in [4.78, 5) is 27.6. The van der Waals surface area contributed by atoms with Crippen molar-refractivity contribution in [2.24, 2.45) is 0 Å². The number of carbonyl (C=O) groups excluding carboxylic acids is 2. The predicted octanol–water partition coefficient (Wildman–Crippen LogP) is 1.23. The smallest absolute Gasteiger partial charge is 0.313 e. The second-order valence-electron chi connectivity index (χ2n) is 4.77. The number of rotatable bonds is 7. The Morgan fingerprint density at radius 3 is 2.48 bits per heavy atom. The van der Waals surface area contributed by atoms with E-state index in [1.807, 2.05) is 12.1 Å². The number of nitrogens with one attached hydrogen (secondary N) is 2. The molecular formula is C17H19N3O5. The van der Waals surface area contributed by atoms with Crippen molar-refractivity contribution in [2.45, 2.75) is 0 Å². The highest BCUT2D eigenvalue weighted by Crippen LogP contribution is 2.25. The average Bonchev–Trinajstić information content (AvgIpc) is 2.65. The third-order valence-corrected chi connectivity index (χ3v) is 3.13. The molecule has 132 valence electrons. The molecule has 0 aliphatic heterocycles. The Labute approximate surface area is 145 Å². The van der Waals surface area contributed by atoms with Gasteiger partial charge in [0.15, 0.2) is 11.5 Å². The minimum absolute atomic E-state index is 0.161. The summed E-state index contributed by atoms with van der Waals surface area (Å²) in [7, 11) is 2.97. The molecule has 0 saturated carbocycles. The van der Waals surface area contributed by atoms with Crippen molar-refractivity contribution in [3.8, 4) is 17.4 Å². The fourth-order valence-electron chi connectivity index (χ4n) is 1.97. The van der Waals surface area contributed by atoms with E-state index in [9.17, 15) is 9.59 Å².